The lowest BCUT2D eigenvalue weighted by atomic mass is 9.91. The topological polar surface area (TPSA) is 54.4 Å². The third-order valence-electron chi connectivity index (χ3n) is 2.64. The van der Waals surface area contributed by atoms with E-state index in [2.05, 4.69) is 15.9 Å². The molecule has 5 heteroatoms. The fourth-order valence-corrected chi connectivity index (χ4v) is 2.56. The van der Waals surface area contributed by atoms with Gasteiger partial charge in [0.05, 0.1) is 5.60 Å². The summed E-state index contributed by atoms with van der Waals surface area (Å²) in [5, 5.41) is 10.3. The number of hydrogen-bond donors (Lipinski definition) is 1. The summed E-state index contributed by atoms with van der Waals surface area (Å²) in [6, 6.07) is 7.40. The zero-order valence-corrected chi connectivity index (χ0v) is 12.4. The monoisotopic (exact) mass is 320 g/mol. The van der Waals surface area contributed by atoms with Crippen LogP contribution in [0.25, 0.3) is 0 Å². The summed E-state index contributed by atoms with van der Waals surface area (Å²) in [6.45, 7) is 1.71. The largest absolute Gasteiger partial charge is 0.385 e. The van der Waals surface area contributed by atoms with E-state index in [0.717, 1.165) is 10.0 Å². The van der Waals surface area contributed by atoms with Gasteiger partial charge in [0.2, 0.25) is 0 Å². The van der Waals surface area contributed by atoms with Crippen LogP contribution in [-0.4, -0.2) is 25.5 Å². The predicted octanol–water partition coefficient (Wildman–Crippen LogP) is 2.48. The molecule has 3 nitrogen and oxygen atoms in total. The first-order valence-corrected chi connectivity index (χ1v) is 8.22. The second-order valence-corrected chi connectivity index (χ2v) is 7.69. The van der Waals surface area contributed by atoms with Crippen LogP contribution in [0, 0.1) is 0 Å². The van der Waals surface area contributed by atoms with Gasteiger partial charge in [-0.25, -0.2) is 8.42 Å². The van der Waals surface area contributed by atoms with Gasteiger partial charge < -0.3 is 5.11 Å². The Morgan fingerprint density at radius 3 is 2.29 bits per heavy atom. The van der Waals surface area contributed by atoms with E-state index < -0.39 is 15.4 Å². The quantitative estimate of drug-likeness (QED) is 0.906. The first kappa shape index (κ1) is 14.7. The van der Waals surface area contributed by atoms with Crippen molar-refractivity contribution in [3.05, 3.63) is 34.3 Å². The standard InChI is InChI=1S/C12H17BrO3S/c1-12(14,8-3-9-17(2,15)16)10-4-6-11(13)7-5-10/h4-7,14H,3,8-9H2,1-2H3. The molecule has 0 spiro atoms. The highest BCUT2D eigenvalue weighted by Crippen LogP contribution is 2.27. The van der Waals surface area contributed by atoms with Gasteiger partial charge in [0, 0.05) is 16.5 Å². The van der Waals surface area contributed by atoms with Crippen molar-refractivity contribution in [3.63, 3.8) is 0 Å². The van der Waals surface area contributed by atoms with Crippen molar-refractivity contribution >= 4 is 25.8 Å². The maximum atomic E-state index is 11.0. The van der Waals surface area contributed by atoms with E-state index in [-0.39, 0.29) is 5.75 Å². The van der Waals surface area contributed by atoms with Crippen molar-refractivity contribution in [3.8, 4) is 0 Å². The number of aliphatic hydroxyl groups is 1. The molecule has 17 heavy (non-hydrogen) atoms. The molecular formula is C12H17BrO3S. The molecule has 0 bridgehead atoms. The summed E-state index contributed by atoms with van der Waals surface area (Å²) in [6.07, 6.45) is 2.10. The van der Waals surface area contributed by atoms with Gasteiger partial charge in [-0.3, -0.25) is 0 Å². The molecule has 0 saturated carbocycles. The van der Waals surface area contributed by atoms with Crippen LogP contribution in [0.4, 0.5) is 0 Å². The Kier molecular flexibility index (Phi) is 4.75. The summed E-state index contributed by atoms with van der Waals surface area (Å²) >= 11 is 3.33. The molecule has 0 aliphatic rings. The first-order valence-electron chi connectivity index (χ1n) is 5.37. The van der Waals surface area contributed by atoms with Crippen molar-refractivity contribution in [1.82, 2.24) is 0 Å². The summed E-state index contributed by atoms with van der Waals surface area (Å²) in [5.41, 5.74) is -0.181. The Hall–Kier alpha value is -0.390. The Balaban J connectivity index is 2.65. The minimum Gasteiger partial charge on any atom is -0.385 e. The molecule has 96 valence electrons. The smallest absolute Gasteiger partial charge is 0.147 e. The Morgan fingerprint density at radius 1 is 1.29 bits per heavy atom. The number of hydrogen-bond acceptors (Lipinski definition) is 3. The highest BCUT2D eigenvalue weighted by atomic mass is 79.9. The number of rotatable bonds is 5. The van der Waals surface area contributed by atoms with Gasteiger partial charge in [-0.15, -0.1) is 0 Å². The SMILES string of the molecule is CC(O)(CCCS(C)(=O)=O)c1ccc(Br)cc1. The van der Waals surface area contributed by atoms with Crippen LogP contribution in [0.5, 0.6) is 0 Å². The van der Waals surface area contributed by atoms with Crippen LogP contribution in [0.3, 0.4) is 0 Å². The molecule has 1 aromatic carbocycles. The lowest BCUT2D eigenvalue weighted by Crippen LogP contribution is -2.22. The van der Waals surface area contributed by atoms with Gasteiger partial charge in [0.25, 0.3) is 0 Å². The molecule has 1 unspecified atom stereocenters. The van der Waals surface area contributed by atoms with Crippen molar-refractivity contribution in [2.24, 2.45) is 0 Å². The van der Waals surface area contributed by atoms with Gasteiger partial charge >= 0.3 is 0 Å². The maximum absolute atomic E-state index is 11.0. The molecule has 0 radical (unpaired) electrons. The van der Waals surface area contributed by atoms with Crippen molar-refractivity contribution in [1.29, 1.82) is 0 Å². The third-order valence-corrected chi connectivity index (χ3v) is 4.20. The second-order valence-electron chi connectivity index (χ2n) is 4.51. The molecule has 1 aromatic rings. The second kappa shape index (κ2) is 5.50. The highest BCUT2D eigenvalue weighted by molar-refractivity contribution is 9.10. The van der Waals surface area contributed by atoms with Crippen molar-refractivity contribution in [2.45, 2.75) is 25.4 Å². The molecule has 0 aliphatic heterocycles. The van der Waals surface area contributed by atoms with Crippen LogP contribution in [0.1, 0.15) is 25.3 Å². The predicted molar refractivity (Wildman–Crippen MR) is 72.7 cm³/mol. The van der Waals surface area contributed by atoms with Crippen LogP contribution in [-0.2, 0) is 15.4 Å². The van der Waals surface area contributed by atoms with Crippen LogP contribution in [0.2, 0.25) is 0 Å². The average Bonchev–Trinajstić information content (AvgIpc) is 2.15. The average molecular weight is 321 g/mol. The lowest BCUT2D eigenvalue weighted by molar-refractivity contribution is 0.0472. The fourth-order valence-electron chi connectivity index (χ4n) is 1.63. The number of halogens is 1. The van der Waals surface area contributed by atoms with E-state index in [1.54, 1.807) is 6.92 Å². The molecule has 0 saturated heterocycles. The van der Waals surface area contributed by atoms with Gasteiger partial charge in [0.15, 0.2) is 0 Å². The minimum absolute atomic E-state index is 0.111. The van der Waals surface area contributed by atoms with Gasteiger partial charge in [-0.2, -0.15) is 0 Å². The Labute approximate surface area is 111 Å². The van der Waals surface area contributed by atoms with E-state index in [9.17, 15) is 13.5 Å². The van der Waals surface area contributed by atoms with Crippen LogP contribution >= 0.6 is 15.9 Å². The van der Waals surface area contributed by atoms with E-state index in [0.29, 0.717) is 12.8 Å². The summed E-state index contributed by atoms with van der Waals surface area (Å²) in [4.78, 5) is 0. The summed E-state index contributed by atoms with van der Waals surface area (Å²) < 4.78 is 23.0. The zero-order chi connectivity index (χ0) is 13.1. The number of sulfone groups is 1. The molecule has 0 aromatic heterocycles. The van der Waals surface area contributed by atoms with E-state index in [1.165, 1.54) is 6.26 Å². The molecular weight excluding hydrogens is 304 g/mol. The number of benzene rings is 1. The van der Waals surface area contributed by atoms with Crippen LogP contribution < -0.4 is 0 Å². The minimum atomic E-state index is -2.95. The molecule has 0 amide bonds. The van der Waals surface area contributed by atoms with E-state index in [4.69, 9.17) is 0 Å². The third kappa shape index (κ3) is 5.19. The molecule has 0 heterocycles. The molecule has 0 aliphatic carbocycles. The van der Waals surface area contributed by atoms with E-state index in [1.807, 2.05) is 24.3 Å². The lowest BCUT2D eigenvalue weighted by Gasteiger charge is -2.23. The summed E-state index contributed by atoms with van der Waals surface area (Å²) in [7, 11) is -2.95. The maximum Gasteiger partial charge on any atom is 0.147 e. The molecule has 1 rings (SSSR count). The molecule has 1 atom stereocenters. The van der Waals surface area contributed by atoms with Crippen molar-refractivity contribution < 1.29 is 13.5 Å². The van der Waals surface area contributed by atoms with Crippen LogP contribution in [0.15, 0.2) is 28.7 Å². The first-order chi connectivity index (χ1) is 7.71. The fraction of sp³-hybridized carbons (Fsp3) is 0.500. The summed E-state index contributed by atoms with van der Waals surface area (Å²) in [5.74, 6) is 0.111. The van der Waals surface area contributed by atoms with Gasteiger partial charge in [0.1, 0.15) is 9.84 Å². The van der Waals surface area contributed by atoms with Gasteiger partial charge in [-0.05, 0) is 37.5 Å². The molecule has 1 N–H and O–H groups in total. The Morgan fingerprint density at radius 2 is 1.82 bits per heavy atom. The van der Waals surface area contributed by atoms with Crippen molar-refractivity contribution in [2.75, 3.05) is 12.0 Å². The highest BCUT2D eigenvalue weighted by Gasteiger charge is 2.22. The Bertz CT molecular complexity index is 463. The molecule has 0 fully saturated rings. The van der Waals surface area contributed by atoms with E-state index >= 15 is 0 Å². The normalized spacial score (nSPS) is 15.5. The van der Waals surface area contributed by atoms with Gasteiger partial charge in [-0.1, -0.05) is 28.1 Å². The zero-order valence-electron chi connectivity index (χ0n) is 9.98.